The summed E-state index contributed by atoms with van der Waals surface area (Å²) in [4.78, 5) is 39.1. The molecule has 2 saturated heterocycles. The summed E-state index contributed by atoms with van der Waals surface area (Å²) in [5.41, 5.74) is 0.375. The van der Waals surface area contributed by atoms with E-state index >= 15 is 0 Å². The molecule has 0 spiro atoms. The summed E-state index contributed by atoms with van der Waals surface area (Å²) in [6.07, 6.45) is 4.45. The number of hydrogen-bond acceptors (Lipinski definition) is 9. The SMILES string of the molecule is CSc1ncnc2c1ncn2C[C@H]1O[C@@H](n2ccc(=O)[nH]c2=O)[C@@H]2OC(C)(C)O[C@@H]21. The first kappa shape index (κ1) is 19.4. The van der Waals surface area contributed by atoms with E-state index in [0.29, 0.717) is 12.2 Å². The van der Waals surface area contributed by atoms with E-state index in [0.717, 1.165) is 10.5 Å². The van der Waals surface area contributed by atoms with Crippen molar-refractivity contribution in [2.75, 3.05) is 6.26 Å². The van der Waals surface area contributed by atoms with E-state index in [4.69, 9.17) is 14.2 Å². The van der Waals surface area contributed by atoms with Gasteiger partial charge in [0.25, 0.3) is 5.56 Å². The van der Waals surface area contributed by atoms with Crippen LogP contribution >= 0.6 is 11.8 Å². The Bertz CT molecular complexity index is 1220. The second-order valence-electron chi connectivity index (χ2n) is 7.60. The largest absolute Gasteiger partial charge is 0.347 e. The molecule has 2 fully saturated rings. The smallest absolute Gasteiger partial charge is 0.330 e. The van der Waals surface area contributed by atoms with Crippen LogP contribution in [0, 0.1) is 0 Å². The van der Waals surface area contributed by atoms with E-state index in [9.17, 15) is 9.59 Å². The van der Waals surface area contributed by atoms with E-state index in [1.165, 1.54) is 34.9 Å². The summed E-state index contributed by atoms with van der Waals surface area (Å²) >= 11 is 1.50. The number of aromatic nitrogens is 6. The van der Waals surface area contributed by atoms with Gasteiger partial charge in [0.2, 0.25) is 0 Å². The lowest BCUT2D eigenvalue weighted by Crippen LogP contribution is -2.37. The van der Waals surface area contributed by atoms with Crippen molar-refractivity contribution >= 4 is 22.9 Å². The molecule has 0 radical (unpaired) electrons. The van der Waals surface area contributed by atoms with Gasteiger partial charge in [-0.15, -0.1) is 11.8 Å². The number of ether oxygens (including phenoxy) is 3. The number of H-pyrrole nitrogens is 1. The standard InChI is InChI=1S/C18H20N6O5S/c1-18(2)28-12-9(6-23-8-21-11-14(23)19-7-20-15(11)30-3)27-16(13(12)29-18)24-5-4-10(25)22-17(24)26/h4-5,7-9,12-13,16H,6H2,1-3H3,(H,22,25,26)/t9-,12-,13-,16-/m1/s1. The molecule has 0 bridgehead atoms. The zero-order chi connectivity index (χ0) is 21.0. The van der Waals surface area contributed by atoms with E-state index in [1.54, 1.807) is 6.33 Å². The lowest BCUT2D eigenvalue weighted by molar-refractivity contribution is -0.198. The molecule has 5 heterocycles. The second-order valence-corrected chi connectivity index (χ2v) is 8.39. The minimum Gasteiger partial charge on any atom is -0.347 e. The van der Waals surface area contributed by atoms with Gasteiger partial charge in [-0.05, 0) is 20.1 Å². The minimum absolute atomic E-state index is 0.399. The van der Waals surface area contributed by atoms with Crippen molar-refractivity contribution in [1.29, 1.82) is 0 Å². The summed E-state index contributed by atoms with van der Waals surface area (Å²) in [5, 5.41) is 0.795. The summed E-state index contributed by atoms with van der Waals surface area (Å²) < 4.78 is 21.6. The van der Waals surface area contributed by atoms with Crippen LogP contribution in [-0.4, -0.2) is 59.4 Å². The fourth-order valence-electron chi connectivity index (χ4n) is 3.99. The van der Waals surface area contributed by atoms with Gasteiger partial charge >= 0.3 is 5.69 Å². The predicted octanol–water partition coefficient (Wildman–Crippen LogP) is 0.516. The molecule has 0 amide bonds. The number of aromatic amines is 1. The average Bonchev–Trinajstić information content (AvgIpc) is 3.34. The lowest BCUT2D eigenvalue weighted by Gasteiger charge is -2.25. The van der Waals surface area contributed by atoms with Gasteiger partial charge < -0.3 is 18.8 Å². The molecule has 158 valence electrons. The third kappa shape index (κ3) is 3.16. The highest BCUT2D eigenvalue weighted by Gasteiger charge is 2.56. The molecule has 3 aromatic heterocycles. The first-order valence-electron chi connectivity index (χ1n) is 9.39. The van der Waals surface area contributed by atoms with Gasteiger partial charge in [-0.1, -0.05) is 0 Å². The Kier molecular flexibility index (Phi) is 4.54. The summed E-state index contributed by atoms with van der Waals surface area (Å²) in [7, 11) is 0. The molecule has 11 nitrogen and oxygen atoms in total. The van der Waals surface area contributed by atoms with Crippen molar-refractivity contribution < 1.29 is 14.2 Å². The summed E-state index contributed by atoms with van der Waals surface area (Å²) in [6.45, 7) is 4.04. The van der Waals surface area contributed by atoms with Crippen LogP contribution in [0.2, 0.25) is 0 Å². The van der Waals surface area contributed by atoms with Crippen molar-refractivity contribution in [2.45, 2.75) is 55.7 Å². The molecule has 12 heteroatoms. The zero-order valence-electron chi connectivity index (χ0n) is 16.5. The molecule has 0 aliphatic carbocycles. The van der Waals surface area contributed by atoms with Gasteiger partial charge in [0.15, 0.2) is 17.7 Å². The molecule has 1 N–H and O–H groups in total. The fourth-order valence-corrected chi connectivity index (χ4v) is 4.48. The van der Waals surface area contributed by atoms with Gasteiger partial charge in [-0.2, -0.15) is 0 Å². The Morgan fingerprint density at radius 3 is 2.77 bits per heavy atom. The van der Waals surface area contributed by atoms with Crippen molar-refractivity contribution in [3.05, 3.63) is 45.8 Å². The van der Waals surface area contributed by atoms with Crippen LogP contribution in [0.25, 0.3) is 11.2 Å². The van der Waals surface area contributed by atoms with Gasteiger partial charge in [0.1, 0.15) is 35.2 Å². The van der Waals surface area contributed by atoms with Crippen molar-refractivity contribution in [3.8, 4) is 0 Å². The van der Waals surface area contributed by atoms with Crippen LogP contribution in [0.15, 0.2) is 39.5 Å². The van der Waals surface area contributed by atoms with Crippen molar-refractivity contribution in [1.82, 2.24) is 29.1 Å². The van der Waals surface area contributed by atoms with Crippen LogP contribution in [0.4, 0.5) is 0 Å². The number of thioether (sulfide) groups is 1. The normalized spacial score (nSPS) is 27.6. The third-order valence-electron chi connectivity index (χ3n) is 5.19. The molecule has 0 unspecified atom stereocenters. The molecule has 3 aromatic rings. The monoisotopic (exact) mass is 432 g/mol. The fraction of sp³-hybridized carbons (Fsp3) is 0.500. The Labute approximate surface area is 174 Å². The maximum Gasteiger partial charge on any atom is 0.330 e. The van der Waals surface area contributed by atoms with E-state index in [-0.39, 0.29) is 0 Å². The maximum absolute atomic E-state index is 12.3. The van der Waals surface area contributed by atoms with Crippen LogP contribution in [-0.2, 0) is 20.8 Å². The number of rotatable bonds is 4. The zero-order valence-corrected chi connectivity index (χ0v) is 17.3. The van der Waals surface area contributed by atoms with Crippen LogP contribution in [0.5, 0.6) is 0 Å². The van der Waals surface area contributed by atoms with E-state index in [1.807, 2.05) is 24.7 Å². The second kappa shape index (κ2) is 7.01. The summed E-state index contributed by atoms with van der Waals surface area (Å²) in [5.74, 6) is -0.827. The number of nitrogens with one attached hydrogen (secondary N) is 1. The molecule has 2 aliphatic heterocycles. The van der Waals surface area contributed by atoms with Gasteiger partial charge in [-0.25, -0.2) is 19.7 Å². The van der Waals surface area contributed by atoms with E-state index in [2.05, 4.69) is 19.9 Å². The Morgan fingerprint density at radius 1 is 1.20 bits per heavy atom. The topological polar surface area (TPSA) is 126 Å². The maximum atomic E-state index is 12.3. The molecule has 30 heavy (non-hydrogen) atoms. The molecule has 5 rings (SSSR count). The minimum atomic E-state index is -0.827. The van der Waals surface area contributed by atoms with Gasteiger partial charge in [0, 0.05) is 12.3 Å². The third-order valence-corrected chi connectivity index (χ3v) is 5.87. The van der Waals surface area contributed by atoms with Crippen LogP contribution in [0.3, 0.4) is 0 Å². The molecule has 2 aliphatic rings. The Balaban J connectivity index is 1.50. The molecular weight excluding hydrogens is 412 g/mol. The summed E-state index contributed by atoms with van der Waals surface area (Å²) in [6, 6.07) is 1.28. The number of hydrogen-bond donors (Lipinski definition) is 1. The Morgan fingerprint density at radius 2 is 2.00 bits per heavy atom. The average molecular weight is 432 g/mol. The predicted molar refractivity (Wildman–Crippen MR) is 106 cm³/mol. The highest BCUT2D eigenvalue weighted by atomic mass is 32.2. The Hall–Kier alpha value is -2.54. The van der Waals surface area contributed by atoms with E-state index < -0.39 is 41.6 Å². The lowest BCUT2D eigenvalue weighted by atomic mass is 10.1. The molecule has 0 saturated carbocycles. The first-order chi connectivity index (χ1) is 14.4. The number of nitrogens with zero attached hydrogens (tertiary/aromatic N) is 5. The molecule has 4 atom stereocenters. The van der Waals surface area contributed by atoms with Crippen molar-refractivity contribution in [3.63, 3.8) is 0 Å². The van der Waals surface area contributed by atoms with Gasteiger partial charge in [-0.3, -0.25) is 14.3 Å². The van der Waals surface area contributed by atoms with Gasteiger partial charge in [0.05, 0.1) is 12.9 Å². The first-order valence-corrected chi connectivity index (χ1v) is 10.6. The quantitative estimate of drug-likeness (QED) is 0.464. The number of fused-ring (bicyclic) bond motifs is 2. The molecule has 0 aromatic carbocycles. The number of imidazole rings is 1. The molecular formula is C18H20N6O5S. The highest BCUT2D eigenvalue weighted by molar-refractivity contribution is 7.98. The van der Waals surface area contributed by atoms with Crippen molar-refractivity contribution in [2.24, 2.45) is 0 Å². The van der Waals surface area contributed by atoms with Crippen LogP contribution in [0.1, 0.15) is 20.1 Å². The van der Waals surface area contributed by atoms with Crippen LogP contribution < -0.4 is 11.2 Å². The highest BCUT2D eigenvalue weighted by Crippen LogP contribution is 2.43.